The fourth-order valence-corrected chi connectivity index (χ4v) is 1.82. The van der Waals surface area contributed by atoms with E-state index in [-0.39, 0.29) is 0 Å². The van der Waals surface area contributed by atoms with Gasteiger partial charge in [-0.3, -0.25) is 0 Å². The van der Waals surface area contributed by atoms with Gasteiger partial charge in [0.15, 0.2) is 12.2 Å². The van der Waals surface area contributed by atoms with Crippen LogP contribution in [0.15, 0.2) is 35.1 Å². The lowest BCUT2D eigenvalue weighted by Gasteiger charge is -2.05. The zero-order valence-electron chi connectivity index (χ0n) is 10.8. The summed E-state index contributed by atoms with van der Waals surface area (Å²) in [6, 6.07) is 8.15. The number of hydrogen-bond donors (Lipinski definition) is 1. The third kappa shape index (κ3) is 2.97. The maximum Gasteiger partial charge on any atom is 0.181 e. The number of methoxy groups -OCH3 is 1. The molecule has 0 saturated carbocycles. The second-order valence-corrected chi connectivity index (χ2v) is 4.11. The number of nitrogens with one attached hydrogen (secondary N) is 1. The lowest BCUT2D eigenvalue weighted by molar-refractivity contribution is 0.199. The molecule has 0 atom stereocenters. The number of hydrogen-bond acceptors (Lipinski definition) is 4. The van der Waals surface area contributed by atoms with E-state index in [2.05, 4.69) is 29.4 Å². The summed E-state index contributed by atoms with van der Waals surface area (Å²) < 4.78 is 10.5. The maximum atomic E-state index is 5.51. The third-order valence-corrected chi connectivity index (χ3v) is 2.81. The molecule has 1 heterocycles. The Bertz CT molecular complexity index is 494. The monoisotopic (exact) mass is 246 g/mol. The molecule has 0 saturated heterocycles. The largest absolute Gasteiger partial charge is 0.443 e. The van der Waals surface area contributed by atoms with E-state index in [1.54, 1.807) is 7.11 Å². The van der Waals surface area contributed by atoms with Crippen LogP contribution in [0, 0.1) is 6.92 Å². The predicted molar refractivity (Wildman–Crippen MR) is 70.3 cm³/mol. The van der Waals surface area contributed by atoms with E-state index < -0.39 is 0 Å². The van der Waals surface area contributed by atoms with Gasteiger partial charge in [-0.15, -0.1) is 0 Å². The first-order valence-corrected chi connectivity index (χ1v) is 6.01. The van der Waals surface area contributed by atoms with E-state index in [1.807, 2.05) is 12.1 Å². The Kier molecular flexibility index (Phi) is 4.50. The molecule has 0 unspecified atom stereocenters. The van der Waals surface area contributed by atoms with Crippen LogP contribution in [0.2, 0.25) is 0 Å². The summed E-state index contributed by atoms with van der Waals surface area (Å²) in [6.07, 6.45) is 1.50. The number of benzene rings is 1. The molecule has 0 spiro atoms. The van der Waals surface area contributed by atoms with Crippen LogP contribution in [0.4, 0.5) is 0 Å². The molecule has 2 rings (SSSR count). The molecule has 0 aliphatic rings. The van der Waals surface area contributed by atoms with Gasteiger partial charge in [0.2, 0.25) is 0 Å². The van der Waals surface area contributed by atoms with Gasteiger partial charge in [-0.2, -0.15) is 0 Å². The molecule has 0 amide bonds. The minimum atomic E-state index is 0.684. The Labute approximate surface area is 107 Å². The van der Waals surface area contributed by atoms with Crippen molar-refractivity contribution in [3.05, 3.63) is 41.9 Å². The summed E-state index contributed by atoms with van der Waals surface area (Å²) in [5, 5.41) is 3.27. The van der Waals surface area contributed by atoms with Crippen LogP contribution in [0.3, 0.4) is 0 Å². The summed E-state index contributed by atoms with van der Waals surface area (Å²) in [5.74, 6) is 0.845. The van der Waals surface area contributed by atoms with Crippen molar-refractivity contribution >= 4 is 0 Å². The molecule has 96 valence electrons. The van der Waals surface area contributed by atoms with E-state index in [9.17, 15) is 0 Å². The molecule has 4 heteroatoms. The molecule has 0 fully saturated rings. The number of aromatic nitrogens is 1. The average Bonchev–Trinajstić information content (AvgIpc) is 2.83. The van der Waals surface area contributed by atoms with Crippen molar-refractivity contribution in [3.63, 3.8) is 0 Å². The summed E-state index contributed by atoms with van der Waals surface area (Å²) in [5.41, 5.74) is 3.21. The first-order chi connectivity index (χ1) is 8.83. The first-order valence-electron chi connectivity index (χ1n) is 6.01. The van der Waals surface area contributed by atoms with Gasteiger partial charge < -0.3 is 14.5 Å². The van der Waals surface area contributed by atoms with Crippen LogP contribution in [0.5, 0.6) is 0 Å². The molecule has 1 aromatic carbocycles. The highest BCUT2D eigenvalue weighted by molar-refractivity contribution is 5.63. The van der Waals surface area contributed by atoms with Crippen molar-refractivity contribution in [2.45, 2.75) is 13.5 Å². The lowest BCUT2D eigenvalue weighted by atomic mass is 10.1. The fourth-order valence-electron chi connectivity index (χ4n) is 1.82. The van der Waals surface area contributed by atoms with Crippen LogP contribution in [-0.4, -0.2) is 25.2 Å². The molecule has 1 N–H and O–H groups in total. The van der Waals surface area contributed by atoms with Gasteiger partial charge in [-0.05, 0) is 12.5 Å². The van der Waals surface area contributed by atoms with E-state index in [1.165, 1.54) is 12.0 Å². The van der Waals surface area contributed by atoms with Gasteiger partial charge >= 0.3 is 0 Å². The molecule has 1 aromatic heterocycles. The Balaban J connectivity index is 2.10. The van der Waals surface area contributed by atoms with Gasteiger partial charge in [0.25, 0.3) is 0 Å². The van der Waals surface area contributed by atoms with Crippen molar-refractivity contribution in [2.75, 3.05) is 20.3 Å². The van der Waals surface area contributed by atoms with Gasteiger partial charge in [-0.25, -0.2) is 4.98 Å². The van der Waals surface area contributed by atoms with E-state index in [4.69, 9.17) is 9.15 Å². The highest BCUT2D eigenvalue weighted by Crippen LogP contribution is 2.25. The minimum absolute atomic E-state index is 0.684. The molecular formula is C14H18N2O2. The summed E-state index contributed by atoms with van der Waals surface area (Å²) >= 11 is 0. The second-order valence-electron chi connectivity index (χ2n) is 4.11. The topological polar surface area (TPSA) is 47.3 Å². The van der Waals surface area contributed by atoms with Crippen LogP contribution in [0.25, 0.3) is 11.3 Å². The lowest BCUT2D eigenvalue weighted by Crippen LogP contribution is -2.19. The first kappa shape index (κ1) is 12.8. The van der Waals surface area contributed by atoms with Crippen molar-refractivity contribution in [3.8, 4) is 11.3 Å². The van der Waals surface area contributed by atoms with Crippen LogP contribution in [-0.2, 0) is 11.3 Å². The molecule has 0 radical (unpaired) electrons. The molecule has 18 heavy (non-hydrogen) atoms. The fraction of sp³-hybridized carbons (Fsp3) is 0.357. The zero-order valence-corrected chi connectivity index (χ0v) is 10.8. The van der Waals surface area contributed by atoms with Gasteiger partial charge in [-0.1, -0.05) is 24.3 Å². The molecular weight excluding hydrogens is 228 g/mol. The third-order valence-electron chi connectivity index (χ3n) is 2.81. The Morgan fingerprint density at radius 3 is 2.94 bits per heavy atom. The Hall–Kier alpha value is -1.65. The number of ether oxygens (including phenoxy) is 1. The molecule has 0 bridgehead atoms. The average molecular weight is 246 g/mol. The van der Waals surface area contributed by atoms with E-state index in [0.29, 0.717) is 13.2 Å². The number of nitrogens with zero attached hydrogens (tertiary/aromatic N) is 1. The van der Waals surface area contributed by atoms with Crippen molar-refractivity contribution < 1.29 is 9.15 Å². The predicted octanol–water partition coefficient (Wildman–Crippen LogP) is 2.39. The molecule has 0 aliphatic heterocycles. The Morgan fingerprint density at radius 1 is 1.33 bits per heavy atom. The van der Waals surface area contributed by atoms with Crippen LogP contribution >= 0.6 is 0 Å². The van der Waals surface area contributed by atoms with Crippen molar-refractivity contribution in [1.29, 1.82) is 0 Å². The quantitative estimate of drug-likeness (QED) is 0.795. The van der Waals surface area contributed by atoms with Gasteiger partial charge in [0, 0.05) is 25.8 Å². The van der Waals surface area contributed by atoms with Crippen LogP contribution in [0.1, 0.15) is 11.3 Å². The summed E-state index contributed by atoms with van der Waals surface area (Å²) in [4.78, 5) is 4.26. The van der Waals surface area contributed by atoms with Gasteiger partial charge in [0.05, 0.1) is 6.61 Å². The molecule has 4 nitrogen and oxygen atoms in total. The second kappa shape index (κ2) is 6.33. The SMILES string of the molecule is COCCNCc1ncoc1-c1ccccc1C. The van der Waals surface area contributed by atoms with Crippen molar-refractivity contribution in [2.24, 2.45) is 0 Å². The zero-order chi connectivity index (χ0) is 12.8. The summed E-state index contributed by atoms with van der Waals surface area (Å²) in [6.45, 7) is 4.25. The normalized spacial score (nSPS) is 10.8. The number of rotatable bonds is 6. The maximum absolute atomic E-state index is 5.51. The highest BCUT2D eigenvalue weighted by atomic mass is 16.5. The molecule has 2 aromatic rings. The Morgan fingerprint density at radius 2 is 2.17 bits per heavy atom. The van der Waals surface area contributed by atoms with Crippen LogP contribution < -0.4 is 5.32 Å². The highest BCUT2D eigenvalue weighted by Gasteiger charge is 2.11. The standard InChI is InChI=1S/C14H18N2O2/c1-11-5-3-4-6-12(11)14-13(16-10-18-14)9-15-7-8-17-2/h3-6,10,15H,7-9H2,1-2H3. The van der Waals surface area contributed by atoms with E-state index >= 15 is 0 Å². The van der Waals surface area contributed by atoms with E-state index in [0.717, 1.165) is 23.6 Å². The smallest absolute Gasteiger partial charge is 0.181 e. The summed E-state index contributed by atoms with van der Waals surface area (Å²) in [7, 11) is 1.69. The van der Waals surface area contributed by atoms with Crippen molar-refractivity contribution in [1.82, 2.24) is 10.3 Å². The van der Waals surface area contributed by atoms with Gasteiger partial charge in [0.1, 0.15) is 5.69 Å². The minimum Gasteiger partial charge on any atom is -0.443 e. The number of aryl methyl sites for hydroxylation is 1. The number of oxazole rings is 1. The molecule has 0 aliphatic carbocycles.